The molecule has 0 aromatic carbocycles. The van der Waals surface area contributed by atoms with Crippen LogP contribution in [0.3, 0.4) is 0 Å². The van der Waals surface area contributed by atoms with Crippen molar-refractivity contribution >= 4 is 0 Å². The van der Waals surface area contributed by atoms with Crippen LogP contribution < -0.4 is 11.3 Å². The van der Waals surface area contributed by atoms with Gasteiger partial charge in [0.25, 0.3) is 0 Å². The largest absolute Gasteiger partial charge is 0.381 e. The minimum Gasteiger partial charge on any atom is -0.381 e. The van der Waals surface area contributed by atoms with E-state index >= 15 is 0 Å². The first-order chi connectivity index (χ1) is 9.19. The molecule has 0 aromatic rings. The number of nitrogens with zero attached hydrogens (tertiary/aromatic N) is 1. The highest BCUT2D eigenvalue weighted by molar-refractivity contribution is 5.01. The molecule has 1 saturated heterocycles. The Labute approximate surface area is 119 Å². The maximum Gasteiger partial charge on any atom is 0.0510 e. The average molecular weight is 271 g/mol. The second-order valence-corrected chi connectivity index (χ2v) is 5.60. The number of rotatable bonds is 8. The zero-order valence-electron chi connectivity index (χ0n) is 13.2. The molecular formula is C15H33N3O. The van der Waals surface area contributed by atoms with Gasteiger partial charge in [-0.1, -0.05) is 27.7 Å². The van der Waals surface area contributed by atoms with Gasteiger partial charge >= 0.3 is 0 Å². The van der Waals surface area contributed by atoms with E-state index in [1.54, 1.807) is 0 Å². The van der Waals surface area contributed by atoms with E-state index in [4.69, 9.17) is 10.6 Å². The van der Waals surface area contributed by atoms with Crippen molar-refractivity contribution in [3.63, 3.8) is 0 Å². The number of hydrazine groups is 1. The molecule has 19 heavy (non-hydrogen) atoms. The van der Waals surface area contributed by atoms with Gasteiger partial charge in [-0.3, -0.25) is 16.2 Å². The van der Waals surface area contributed by atoms with Crippen LogP contribution in [0.4, 0.5) is 0 Å². The Bertz CT molecular complexity index is 234. The van der Waals surface area contributed by atoms with Gasteiger partial charge in [0.15, 0.2) is 0 Å². The highest BCUT2D eigenvalue weighted by Crippen LogP contribution is 2.34. The molecular weight excluding hydrogens is 238 g/mol. The van der Waals surface area contributed by atoms with Crippen molar-refractivity contribution < 1.29 is 4.74 Å². The molecule has 1 rings (SSSR count). The highest BCUT2D eigenvalue weighted by Gasteiger charge is 2.43. The van der Waals surface area contributed by atoms with E-state index in [0.29, 0.717) is 12.0 Å². The first-order valence-corrected chi connectivity index (χ1v) is 7.98. The van der Waals surface area contributed by atoms with Gasteiger partial charge in [-0.05, 0) is 38.8 Å². The first kappa shape index (κ1) is 16.9. The van der Waals surface area contributed by atoms with Gasteiger partial charge in [0.05, 0.1) is 6.61 Å². The topological polar surface area (TPSA) is 50.5 Å². The van der Waals surface area contributed by atoms with E-state index in [0.717, 1.165) is 45.6 Å². The van der Waals surface area contributed by atoms with Crippen molar-refractivity contribution in [1.29, 1.82) is 0 Å². The van der Waals surface area contributed by atoms with Gasteiger partial charge in [0.1, 0.15) is 0 Å². The Morgan fingerprint density at radius 2 is 1.89 bits per heavy atom. The van der Waals surface area contributed by atoms with E-state index in [9.17, 15) is 0 Å². The molecule has 0 aliphatic carbocycles. The second-order valence-electron chi connectivity index (χ2n) is 5.60. The summed E-state index contributed by atoms with van der Waals surface area (Å²) in [5.41, 5.74) is 3.28. The number of nitrogens with one attached hydrogen (secondary N) is 1. The number of ether oxygens (including phenoxy) is 1. The minimum absolute atomic E-state index is 0.142. The van der Waals surface area contributed by atoms with Crippen LogP contribution in [0.2, 0.25) is 0 Å². The van der Waals surface area contributed by atoms with Crippen LogP contribution in [-0.2, 0) is 4.74 Å². The fourth-order valence-electron chi connectivity index (χ4n) is 3.95. The molecule has 4 heteroatoms. The molecule has 0 radical (unpaired) electrons. The fourth-order valence-corrected chi connectivity index (χ4v) is 3.95. The van der Waals surface area contributed by atoms with E-state index in [1.807, 2.05) is 0 Å². The van der Waals surface area contributed by atoms with Gasteiger partial charge in [0, 0.05) is 24.1 Å². The lowest BCUT2D eigenvalue weighted by molar-refractivity contribution is -0.0235. The van der Waals surface area contributed by atoms with Gasteiger partial charge in [0.2, 0.25) is 0 Å². The van der Waals surface area contributed by atoms with Crippen molar-refractivity contribution in [2.45, 2.75) is 65.0 Å². The van der Waals surface area contributed by atoms with Gasteiger partial charge in [-0.25, -0.2) is 0 Å². The van der Waals surface area contributed by atoms with Crippen LogP contribution in [0, 0.1) is 5.92 Å². The molecule has 2 atom stereocenters. The smallest absolute Gasteiger partial charge is 0.0510 e. The third-order valence-corrected chi connectivity index (χ3v) is 5.04. The number of nitrogens with two attached hydrogens (primary N) is 1. The predicted molar refractivity (Wildman–Crippen MR) is 80.9 cm³/mol. The number of hydrogen-bond acceptors (Lipinski definition) is 4. The molecule has 0 aromatic heterocycles. The molecule has 0 amide bonds. The molecule has 4 nitrogen and oxygen atoms in total. The van der Waals surface area contributed by atoms with Crippen LogP contribution >= 0.6 is 0 Å². The zero-order valence-corrected chi connectivity index (χ0v) is 13.2. The summed E-state index contributed by atoms with van der Waals surface area (Å²) < 4.78 is 5.68. The van der Waals surface area contributed by atoms with E-state index < -0.39 is 0 Å². The molecule has 0 saturated carbocycles. The SMILES string of the molecule is CCN(CC)C(CC)(CC)C(NN)C1CCCOC1. The van der Waals surface area contributed by atoms with Crippen LogP contribution in [0.5, 0.6) is 0 Å². The highest BCUT2D eigenvalue weighted by atomic mass is 16.5. The average Bonchev–Trinajstić information content (AvgIpc) is 2.48. The number of hydrogen-bond donors (Lipinski definition) is 2. The maximum absolute atomic E-state index is 5.96. The molecule has 1 aliphatic rings. The summed E-state index contributed by atoms with van der Waals surface area (Å²) >= 11 is 0. The summed E-state index contributed by atoms with van der Waals surface area (Å²) in [6, 6.07) is 0.308. The lowest BCUT2D eigenvalue weighted by atomic mass is 9.75. The quantitative estimate of drug-likeness (QED) is 0.524. The second kappa shape index (κ2) is 8.20. The zero-order chi connectivity index (χ0) is 14.3. The molecule has 0 bridgehead atoms. The molecule has 0 spiro atoms. The van der Waals surface area contributed by atoms with Crippen molar-refractivity contribution in [2.24, 2.45) is 11.8 Å². The summed E-state index contributed by atoms with van der Waals surface area (Å²) in [7, 11) is 0. The lowest BCUT2D eigenvalue weighted by Crippen LogP contribution is -2.65. The lowest BCUT2D eigenvalue weighted by Gasteiger charge is -2.50. The summed E-state index contributed by atoms with van der Waals surface area (Å²) in [4.78, 5) is 2.58. The summed E-state index contributed by atoms with van der Waals surface area (Å²) in [5, 5.41) is 0. The third-order valence-electron chi connectivity index (χ3n) is 5.04. The summed E-state index contributed by atoms with van der Waals surface area (Å²) in [5.74, 6) is 6.48. The fraction of sp³-hybridized carbons (Fsp3) is 1.00. The Morgan fingerprint density at radius 1 is 1.26 bits per heavy atom. The monoisotopic (exact) mass is 271 g/mol. The Hall–Kier alpha value is -0.160. The standard InChI is InChI=1S/C15H33N3O/c1-5-15(6-2,18(7-3)8-4)14(17-16)13-10-9-11-19-12-13/h13-14,17H,5-12,16H2,1-4H3. The summed E-state index contributed by atoms with van der Waals surface area (Å²) in [6.07, 6.45) is 4.62. The maximum atomic E-state index is 5.96. The van der Waals surface area contributed by atoms with Gasteiger partial charge in [-0.15, -0.1) is 0 Å². The van der Waals surface area contributed by atoms with Crippen molar-refractivity contribution in [3.8, 4) is 0 Å². The van der Waals surface area contributed by atoms with E-state index in [2.05, 4.69) is 38.0 Å². The van der Waals surface area contributed by atoms with Gasteiger partial charge in [-0.2, -0.15) is 0 Å². The molecule has 3 N–H and O–H groups in total. The van der Waals surface area contributed by atoms with Crippen molar-refractivity contribution in [2.75, 3.05) is 26.3 Å². The minimum atomic E-state index is 0.142. The Morgan fingerprint density at radius 3 is 2.26 bits per heavy atom. The molecule has 1 aliphatic heterocycles. The molecule has 114 valence electrons. The predicted octanol–water partition coefficient (Wildman–Crippen LogP) is 2.15. The Balaban J connectivity index is 2.97. The van der Waals surface area contributed by atoms with Gasteiger partial charge < -0.3 is 4.74 Å². The third kappa shape index (κ3) is 3.48. The molecule has 2 unspecified atom stereocenters. The molecule has 1 fully saturated rings. The van der Waals surface area contributed by atoms with Crippen molar-refractivity contribution in [3.05, 3.63) is 0 Å². The van der Waals surface area contributed by atoms with Crippen LogP contribution in [0.1, 0.15) is 53.4 Å². The normalized spacial score (nSPS) is 22.7. The van der Waals surface area contributed by atoms with Crippen LogP contribution in [0.25, 0.3) is 0 Å². The number of likely N-dealkylation sites (N-methyl/N-ethyl adjacent to an activating group) is 1. The van der Waals surface area contributed by atoms with Crippen LogP contribution in [0.15, 0.2) is 0 Å². The Kier molecular flexibility index (Phi) is 7.29. The van der Waals surface area contributed by atoms with E-state index in [1.165, 1.54) is 6.42 Å². The van der Waals surface area contributed by atoms with Crippen LogP contribution in [-0.4, -0.2) is 42.8 Å². The first-order valence-electron chi connectivity index (χ1n) is 7.98. The van der Waals surface area contributed by atoms with Crippen molar-refractivity contribution in [1.82, 2.24) is 10.3 Å². The summed E-state index contributed by atoms with van der Waals surface area (Å²) in [6.45, 7) is 13.0. The molecule has 1 heterocycles. The van der Waals surface area contributed by atoms with E-state index in [-0.39, 0.29) is 5.54 Å².